The minimum absolute atomic E-state index is 0.392. The van der Waals surface area contributed by atoms with Crippen LogP contribution < -0.4 is 10.6 Å². The van der Waals surface area contributed by atoms with E-state index in [-0.39, 0.29) is 0 Å². The van der Waals surface area contributed by atoms with Gasteiger partial charge in [-0.3, -0.25) is 0 Å². The summed E-state index contributed by atoms with van der Waals surface area (Å²) in [6, 6.07) is 10.1. The molecule has 0 aliphatic heterocycles. The van der Waals surface area contributed by atoms with Gasteiger partial charge in [0.25, 0.3) is 0 Å². The average Bonchev–Trinajstić information content (AvgIpc) is 2.46. The van der Waals surface area contributed by atoms with Crippen LogP contribution in [0.1, 0.15) is 31.5 Å². The fourth-order valence-electron chi connectivity index (χ4n) is 1.86. The van der Waals surface area contributed by atoms with Crippen LogP contribution in [0.5, 0.6) is 0 Å². The van der Waals surface area contributed by atoms with Crippen molar-refractivity contribution in [3.05, 3.63) is 46.6 Å². The maximum absolute atomic E-state index is 5.88. The molecule has 1 aromatic heterocycles. The van der Waals surface area contributed by atoms with Crippen LogP contribution in [-0.4, -0.2) is 16.0 Å². The summed E-state index contributed by atoms with van der Waals surface area (Å²) < 4.78 is 0. The molecule has 0 saturated carbocycles. The number of hydrogen-bond acceptors (Lipinski definition) is 4. The molecule has 5 heteroatoms. The zero-order valence-corrected chi connectivity index (χ0v) is 13.4. The number of anilines is 2. The van der Waals surface area contributed by atoms with E-state index in [4.69, 9.17) is 11.6 Å². The van der Waals surface area contributed by atoms with Gasteiger partial charge in [-0.25, -0.2) is 4.98 Å². The van der Waals surface area contributed by atoms with Crippen LogP contribution in [0.25, 0.3) is 0 Å². The number of hydrogen-bond donors (Lipinski definition) is 2. The third kappa shape index (κ3) is 4.90. The van der Waals surface area contributed by atoms with Crippen molar-refractivity contribution in [1.29, 1.82) is 0 Å². The SMILES string of the molecule is CCC(C)Nc1cc(C)nc(NCc2ccc(Cl)cc2)n1. The summed E-state index contributed by atoms with van der Waals surface area (Å²) in [5.74, 6) is 1.49. The maximum atomic E-state index is 5.88. The Morgan fingerprint density at radius 3 is 2.57 bits per heavy atom. The van der Waals surface area contributed by atoms with Gasteiger partial charge in [0.1, 0.15) is 5.82 Å². The largest absolute Gasteiger partial charge is 0.367 e. The van der Waals surface area contributed by atoms with E-state index in [0.29, 0.717) is 18.5 Å². The summed E-state index contributed by atoms with van der Waals surface area (Å²) in [5.41, 5.74) is 2.08. The van der Waals surface area contributed by atoms with Crippen molar-refractivity contribution >= 4 is 23.4 Å². The highest BCUT2D eigenvalue weighted by Crippen LogP contribution is 2.14. The summed E-state index contributed by atoms with van der Waals surface area (Å²) in [5, 5.41) is 7.36. The number of halogens is 1. The molecular weight excluding hydrogens is 284 g/mol. The van der Waals surface area contributed by atoms with Gasteiger partial charge in [-0.05, 0) is 38.0 Å². The van der Waals surface area contributed by atoms with Gasteiger partial charge in [0.05, 0.1) is 0 Å². The van der Waals surface area contributed by atoms with Gasteiger partial charge < -0.3 is 10.6 Å². The van der Waals surface area contributed by atoms with E-state index in [1.54, 1.807) is 0 Å². The normalized spacial score (nSPS) is 12.0. The van der Waals surface area contributed by atoms with Gasteiger partial charge in [-0.1, -0.05) is 30.7 Å². The molecular formula is C16H21ClN4. The van der Waals surface area contributed by atoms with Gasteiger partial charge in [-0.2, -0.15) is 4.98 Å². The number of aromatic nitrogens is 2. The molecule has 1 heterocycles. The Bertz CT molecular complexity index is 583. The predicted molar refractivity (Wildman–Crippen MR) is 88.9 cm³/mol. The average molecular weight is 305 g/mol. The summed E-state index contributed by atoms with van der Waals surface area (Å²) in [4.78, 5) is 8.91. The molecule has 0 bridgehead atoms. The number of nitrogens with one attached hydrogen (secondary N) is 2. The van der Waals surface area contributed by atoms with Gasteiger partial charge in [0.2, 0.25) is 5.95 Å². The molecule has 0 radical (unpaired) electrons. The zero-order chi connectivity index (χ0) is 15.2. The van der Waals surface area contributed by atoms with Gasteiger partial charge >= 0.3 is 0 Å². The van der Waals surface area contributed by atoms with Gasteiger partial charge in [0, 0.05) is 29.4 Å². The fraction of sp³-hybridized carbons (Fsp3) is 0.375. The first-order valence-electron chi connectivity index (χ1n) is 7.17. The molecule has 1 atom stereocenters. The van der Waals surface area contributed by atoms with Crippen molar-refractivity contribution in [2.45, 2.75) is 39.8 Å². The third-order valence-corrected chi connectivity index (χ3v) is 3.48. The fourth-order valence-corrected chi connectivity index (χ4v) is 1.99. The standard InChI is InChI=1S/C16H21ClN4/c1-4-11(2)19-15-9-12(3)20-16(21-15)18-10-13-5-7-14(17)8-6-13/h5-9,11H,4,10H2,1-3H3,(H2,18,19,20,21). The van der Waals surface area contributed by atoms with E-state index in [0.717, 1.165) is 28.5 Å². The molecule has 0 amide bonds. The molecule has 0 aliphatic carbocycles. The first-order valence-corrected chi connectivity index (χ1v) is 7.55. The highest BCUT2D eigenvalue weighted by Gasteiger charge is 2.05. The van der Waals surface area contributed by atoms with Crippen LogP contribution in [0.2, 0.25) is 5.02 Å². The summed E-state index contributed by atoms with van der Waals surface area (Å²) >= 11 is 5.88. The van der Waals surface area contributed by atoms with E-state index in [9.17, 15) is 0 Å². The molecule has 2 rings (SSSR count). The van der Waals surface area contributed by atoms with Crippen molar-refractivity contribution in [2.75, 3.05) is 10.6 Å². The molecule has 112 valence electrons. The second-order valence-electron chi connectivity index (χ2n) is 5.15. The summed E-state index contributed by atoms with van der Waals surface area (Å²) in [6.07, 6.45) is 1.05. The van der Waals surface area contributed by atoms with Crippen LogP contribution in [0.3, 0.4) is 0 Å². The van der Waals surface area contributed by atoms with Crippen LogP contribution >= 0.6 is 11.6 Å². The lowest BCUT2D eigenvalue weighted by Gasteiger charge is -2.14. The molecule has 2 N–H and O–H groups in total. The lowest BCUT2D eigenvalue weighted by Crippen LogP contribution is -2.15. The second kappa shape index (κ2) is 7.27. The first kappa shape index (κ1) is 15.6. The Hall–Kier alpha value is -1.81. The topological polar surface area (TPSA) is 49.8 Å². The highest BCUT2D eigenvalue weighted by atomic mass is 35.5. The predicted octanol–water partition coefficient (Wildman–Crippen LogP) is 4.26. The molecule has 4 nitrogen and oxygen atoms in total. The Balaban J connectivity index is 2.04. The lowest BCUT2D eigenvalue weighted by atomic mass is 10.2. The number of benzene rings is 1. The molecule has 0 spiro atoms. The Morgan fingerprint density at radius 1 is 1.19 bits per heavy atom. The van der Waals surface area contributed by atoms with Gasteiger partial charge in [0.15, 0.2) is 0 Å². The van der Waals surface area contributed by atoms with Crippen molar-refractivity contribution in [3.63, 3.8) is 0 Å². The zero-order valence-electron chi connectivity index (χ0n) is 12.7. The van der Waals surface area contributed by atoms with E-state index < -0.39 is 0 Å². The molecule has 0 fully saturated rings. The van der Waals surface area contributed by atoms with Crippen LogP contribution in [0.15, 0.2) is 30.3 Å². The van der Waals surface area contributed by atoms with Crippen LogP contribution in [0, 0.1) is 6.92 Å². The van der Waals surface area contributed by atoms with Crippen LogP contribution in [0.4, 0.5) is 11.8 Å². The van der Waals surface area contributed by atoms with E-state index in [1.807, 2.05) is 37.3 Å². The Labute approximate surface area is 131 Å². The molecule has 1 unspecified atom stereocenters. The highest BCUT2D eigenvalue weighted by molar-refractivity contribution is 6.30. The number of aryl methyl sites for hydroxylation is 1. The van der Waals surface area contributed by atoms with Crippen molar-refractivity contribution in [1.82, 2.24) is 9.97 Å². The van der Waals surface area contributed by atoms with Crippen molar-refractivity contribution in [2.24, 2.45) is 0 Å². The minimum atomic E-state index is 0.392. The van der Waals surface area contributed by atoms with Crippen molar-refractivity contribution < 1.29 is 0 Å². The molecule has 21 heavy (non-hydrogen) atoms. The van der Waals surface area contributed by atoms with E-state index in [1.165, 1.54) is 0 Å². The van der Waals surface area contributed by atoms with Crippen molar-refractivity contribution in [3.8, 4) is 0 Å². The molecule has 0 aliphatic rings. The first-order chi connectivity index (χ1) is 10.1. The summed E-state index contributed by atoms with van der Waals surface area (Å²) in [7, 11) is 0. The third-order valence-electron chi connectivity index (χ3n) is 3.22. The molecule has 2 aromatic rings. The monoisotopic (exact) mass is 304 g/mol. The quantitative estimate of drug-likeness (QED) is 0.837. The summed E-state index contributed by atoms with van der Waals surface area (Å²) in [6.45, 7) is 6.92. The number of nitrogens with zero attached hydrogens (tertiary/aromatic N) is 2. The Morgan fingerprint density at radius 2 is 1.90 bits per heavy atom. The van der Waals surface area contributed by atoms with E-state index in [2.05, 4.69) is 34.4 Å². The number of rotatable bonds is 6. The second-order valence-corrected chi connectivity index (χ2v) is 5.59. The smallest absolute Gasteiger partial charge is 0.225 e. The van der Waals surface area contributed by atoms with Crippen LogP contribution in [-0.2, 0) is 6.54 Å². The Kier molecular flexibility index (Phi) is 5.39. The lowest BCUT2D eigenvalue weighted by molar-refractivity contribution is 0.758. The van der Waals surface area contributed by atoms with E-state index >= 15 is 0 Å². The molecule has 1 aromatic carbocycles. The van der Waals surface area contributed by atoms with Gasteiger partial charge in [-0.15, -0.1) is 0 Å². The maximum Gasteiger partial charge on any atom is 0.225 e. The minimum Gasteiger partial charge on any atom is -0.367 e. The molecule has 0 saturated heterocycles.